The fraction of sp³-hybridized carbons (Fsp3) is 0.948. The Bertz CT molecular complexity index is 1870. The van der Waals surface area contributed by atoms with Crippen LogP contribution < -0.4 is 0 Å². The summed E-state index contributed by atoms with van der Waals surface area (Å²) in [5, 5.41) is 10.6. The van der Waals surface area contributed by atoms with E-state index in [1.54, 1.807) is 0 Å². The predicted molar refractivity (Wildman–Crippen MR) is 391 cm³/mol. The van der Waals surface area contributed by atoms with Crippen molar-refractivity contribution in [1.29, 1.82) is 0 Å². The van der Waals surface area contributed by atoms with Crippen molar-refractivity contribution in [3.63, 3.8) is 0 Å². The average Bonchev–Trinajstić information content (AvgIpc) is 1.23. The number of aliphatic hydroxyl groups is 1. The molecule has 0 bridgehead atoms. The van der Waals surface area contributed by atoms with Crippen molar-refractivity contribution in [3.8, 4) is 0 Å². The topological polar surface area (TPSA) is 237 Å². The summed E-state index contributed by atoms with van der Waals surface area (Å²) < 4.78 is 68.3. The van der Waals surface area contributed by atoms with Gasteiger partial charge in [-0.2, -0.15) is 0 Å². The fourth-order valence-corrected chi connectivity index (χ4v) is 13.3. The molecule has 0 aliphatic rings. The molecule has 96 heavy (non-hydrogen) atoms. The molecular formula is C77H150O17P2. The minimum absolute atomic E-state index is 0.105. The van der Waals surface area contributed by atoms with Gasteiger partial charge in [0.25, 0.3) is 0 Å². The van der Waals surface area contributed by atoms with Crippen LogP contribution in [0.15, 0.2) is 0 Å². The van der Waals surface area contributed by atoms with E-state index in [1.165, 1.54) is 199 Å². The summed E-state index contributed by atoms with van der Waals surface area (Å²) in [6.45, 7) is 11.9. The lowest BCUT2D eigenvalue weighted by atomic mass is 9.99. The van der Waals surface area contributed by atoms with Crippen molar-refractivity contribution < 1.29 is 80.2 Å². The molecule has 6 atom stereocenters. The van der Waals surface area contributed by atoms with Crippen molar-refractivity contribution in [2.45, 2.75) is 414 Å². The summed E-state index contributed by atoms with van der Waals surface area (Å²) in [6.07, 6.45) is 54.5. The maximum Gasteiger partial charge on any atom is 0.472 e. The first-order chi connectivity index (χ1) is 46.3. The SMILES string of the molecule is CCCCCCCC(=O)OC[C@H](COP(=O)(O)OC[C@H](O)COP(=O)(O)OC[C@@H](COC(=O)CCCCCCCCCCCCCCCCC(C)CC)OC(=O)CCCCCCCCCCCCCCCCCCC(C)C)OC(=O)CCCCCCCCCCCCCC(C)C. The normalized spacial score (nSPS) is 14.3. The lowest BCUT2D eigenvalue weighted by Gasteiger charge is -2.21. The van der Waals surface area contributed by atoms with Gasteiger partial charge in [-0.1, -0.05) is 344 Å². The number of rotatable bonds is 75. The zero-order chi connectivity index (χ0) is 70.9. The van der Waals surface area contributed by atoms with Gasteiger partial charge >= 0.3 is 39.5 Å². The molecule has 3 N–H and O–H groups in total. The molecule has 0 heterocycles. The van der Waals surface area contributed by atoms with Crippen molar-refractivity contribution in [2.75, 3.05) is 39.6 Å². The minimum atomic E-state index is -4.96. The Labute approximate surface area is 588 Å². The van der Waals surface area contributed by atoms with Gasteiger partial charge in [0, 0.05) is 25.7 Å². The third-order valence-electron chi connectivity index (χ3n) is 18.2. The molecule has 3 unspecified atom stereocenters. The van der Waals surface area contributed by atoms with Crippen LogP contribution in [0.25, 0.3) is 0 Å². The Kier molecular flexibility index (Phi) is 66.2. The third kappa shape index (κ3) is 69.2. The predicted octanol–water partition coefficient (Wildman–Crippen LogP) is 22.6. The lowest BCUT2D eigenvalue weighted by Crippen LogP contribution is -2.30. The first-order valence-electron chi connectivity index (χ1n) is 39.9. The van der Waals surface area contributed by atoms with E-state index < -0.39 is 97.5 Å². The van der Waals surface area contributed by atoms with Gasteiger partial charge in [-0.3, -0.25) is 37.3 Å². The Morgan fingerprint density at radius 2 is 0.531 bits per heavy atom. The Morgan fingerprint density at radius 3 is 0.792 bits per heavy atom. The van der Waals surface area contributed by atoms with E-state index in [2.05, 4.69) is 48.5 Å². The molecule has 0 rings (SSSR count). The number of phosphoric acid groups is 2. The van der Waals surface area contributed by atoms with E-state index in [0.29, 0.717) is 25.7 Å². The summed E-state index contributed by atoms with van der Waals surface area (Å²) in [5.41, 5.74) is 0. The maximum absolute atomic E-state index is 13.1. The zero-order valence-electron chi connectivity index (χ0n) is 62.8. The third-order valence-corrected chi connectivity index (χ3v) is 20.1. The first kappa shape index (κ1) is 94.1. The van der Waals surface area contributed by atoms with Gasteiger partial charge in [-0.15, -0.1) is 0 Å². The summed E-state index contributed by atoms with van der Waals surface area (Å²) in [4.78, 5) is 72.6. The number of carbonyl (C=O) groups is 4. The van der Waals surface area contributed by atoms with Crippen LogP contribution in [-0.2, 0) is 65.4 Å². The highest BCUT2D eigenvalue weighted by atomic mass is 31.2. The molecule has 19 heteroatoms. The average molecular weight is 1410 g/mol. The van der Waals surface area contributed by atoms with Crippen molar-refractivity contribution >= 4 is 39.5 Å². The largest absolute Gasteiger partial charge is 0.472 e. The van der Waals surface area contributed by atoms with Gasteiger partial charge in [0.2, 0.25) is 0 Å². The lowest BCUT2D eigenvalue weighted by molar-refractivity contribution is -0.161. The van der Waals surface area contributed by atoms with Crippen molar-refractivity contribution in [1.82, 2.24) is 0 Å². The molecule has 0 saturated carbocycles. The van der Waals surface area contributed by atoms with Gasteiger partial charge in [-0.25, -0.2) is 9.13 Å². The molecule has 570 valence electrons. The smallest absolute Gasteiger partial charge is 0.462 e. The van der Waals surface area contributed by atoms with Crippen LogP contribution in [-0.4, -0.2) is 96.7 Å². The van der Waals surface area contributed by atoms with Gasteiger partial charge in [0.05, 0.1) is 26.4 Å². The monoisotopic (exact) mass is 1410 g/mol. The van der Waals surface area contributed by atoms with Crippen LogP contribution in [0, 0.1) is 17.8 Å². The maximum atomic E-state index is 13.1. The standard InChI is InChI=1S/C77H150O17P2/c1-8-10-11-41-51-58-74(79)87-64-72(93-76(81)61-54-47-40-34-28-22-24-30-36-43-49-56-69(5)6)66-91-95(83,84)89-62-71(78)63-90-96(85,86)92-67-73(65-88-75(80)59-52-45-38-32-26-20-17-16-19-25-31-37-44-50-57-70(7)9-2)94-77(82)60-53-46-39-33-27-21-15-13-12-14-18-23-29-35-42-48-55-68(3)4/h68-73,78H,8-67H2,1-7H3,(H,83,84)(H,85,86)/t70?,71-,72+,73+/m0/s1. The molecule has 0 aromatic heterocycles. The number of carbonyl (C=O) groups excluding carboxylic acids is 4. The summed E-state index contributed by atoms with van der Waals surface area (Å²) >= 11 is 0. The molecular weight excluding hydrogens is 1260 g/mol. The number of phosphoric ester groups is 2. The summed E-state index contributed by atoms with van der Waals surface area (Å²) in [7, 11) is -9.90. The molecule has 0 aliphatic heterocycles. The van der Waals surface area contributed by atoms with Crippen LogP contribution >= 0.6 is 15.6 Å². The van der Waals surface area contributed by atoms with Crippen molar-refractivity contribution in [3.05, 3.63) is 0 Å². The zero-order valence-corrected chi connectivity index (χ0v) is 64.6. The van der Waals surface area contributed by atoms with Crippen LogP contribution in [0.4, 0.5) is 0 Å². The second kappa shape index (κ2) is 67.5. The molecule has 0 fully saturated rings. The van der Waals surface area contributed by atoms with Gasteiger partial charge < -0.3 is 33.8 Å². The molecule has 0 aromatic carbocycles. The number of aliphatic hydroxyl groups excluding tert-OH is 1. The summed E-state index contributed by atoms with van der Waals surface area (Å²) in [6, 6.07) is 0. The molecule has 0 aromatic rings. The van der Waals surface area contributed by atoms with Crippen LogP contribution in [0.3, 0.4) is 0 Å². The molecule has 0 amide bonds. The Morgan fingerprint density at radius 1 is 0.302 bits per heavy atom. The van der Waals surface area contributed by atoms with Gasteiger partial charge in [-0.05, 0) is 43.4 Å². The first-order valence-corrected chi connectivity index (χ1v) is 42.9. The molecule has 0 radical (unpaired) electrons. The number of hydrogen-bond acceptors (Lipinski definition) is 15. The number of esters is 4. The van der Waals surface area contributed by atoms with E-state index in [-0.39, 0.29) is 25.7 Å². The highest BCUT2D eigenvalue weighted by molar-refractivity contribution is 7.47. The van der Waals surface area contributed by atoms with E-state index in [9.17, 15) is 43.2 Å². The number of unbranched alkanes of at least 4 members (excludes halogenated alkanes) is 42. The second-order valence-corrected chi connectivity index (χ2v) is 31.8. The Balaban J connectivity index is 5.14. The minimum Gasteiger partial charge on any atom is -0.462 e. The van der Waals surface area contributed by atoms with Gasteiger partial charge in [0.15, 0.2) is 12.2 Å². The summed E-state index contributed by atoms with van der Waals surface area (Å²) in [5.74, 6) is 0.298. The molecule has 0 aliphatic carbocycles. The van der Waals surface area contributed by atoms with E-state index in [4.69, 9.17) is 37.0 Å². The highest BCUT2D eigenvalue weighted by Gasteiger charge is 2.30. The number of hydrogen-bond donors (Lipinski definition) is 3. The van der Waals surface area contributed by atoms with Gasteiger partial charge in [0.1, 0.15) is 19.3 Å². The van der Waals surface area contributed by atoms with Crippen molar-refractivity contribution in [2.24, 2.45) is 17.8 Å². The second-order valence-electron chi connectivity index (χ2n) is 28.9. The Hall–Kier alpha value is -1.94. The van der Waals surface area contributed by atoms with Crippen LogP contribution in [0.1, 0.15) is 395 Å². The van der Waals surface area contributed by atoms with Crippen LogP contribution in [0.2, 0.25) is 0 Å². The highest BCUT2D eigenvalue weighted by Crippen LogP contribution is 2.45. The molecule has 17 nitrogen and oxygen atoms in total. The van der Waals surface area contributed by atoms with Crippen LogP contribution in [0.5, 0.6) is 0 Å². The number of ether oxygens (including phenoxy) is 4. The van der Waals surface area contributed by atoms with E-state index in [0.717, 1.165) is 114 Å². The molecule has 0 saturated heterocycles. The quantitative estimate of drug-likeness (QED) is 0.0222. The van der Waals surface area contributed by atoms with E-state index in [1.807, 2.05) is 0 Å². The molecule has 0 spiro atoms. The fourth-order valence-electron chi connectivity index (χ4n) is 11.7. The van der Waals surface area contributed by atoms with E-state index >= 15 is 0 Å².